The number of benzene rings is 3. The molecule has 0 atom stereocenters. The van der Waals surface area contributed by atoms with Gasteiger partial charge in [-0.25, -0.2) is 4.99 Å². The van der Waals surface area contributed by atoms with E-state index in [4.69, 9.17) is 4.99 Å². The van der Waals surface area contributed by atoms with Crippen LogP contribution in [0.5, 0.6) is 0 Å². The first kappa shape index (κ1) is 18.4. The first-order valence-corrected chi connectivity index (χ1v) is 9.15. The summed E-state index contributed by atoms with van der Waals surface area (Å²) in [4.78, 5) is 5.87. The summed E-state index contributed by atoms with van der Waals surface area (Å²) < 4.78 is 2.29. The Labute approximate surface area is 167 Å². The standard InChI is InChI=1S/C22H18N2S.BrH/c1-4-10-18(11-5-1)16-24-21(19-12-6-2-7-13-19)17-25-22(24)23-20-14-8-3-9-15-20;/h1-15,17H,16H2;1H/p-1. The van der Waals surface area contributed by atoms with Gasteiger partial charge in [0.05, 0.1) is 17.9 Å². The molecule has 3 aromatic carbocycles. The molecule has 4 aromatic rings. The molecule has 0 bridgehead atoms. The number of halogens is 1. The second-order valence-electron chi connectivity index (χ2n) is 5.79. The highest BCUT2D eigenvalue weighted by Crippen LogP contribution is 2.21. The molecule has 0 aliphatic carbocycles. The van der Waals surface area contributed by atoms with Gasteiger partial charge < -0.3 is 21.5 Å². The van der Waals surface area contributed by atoms with Crippen LogP contribution in [0.15, 0.2) is 101 Å². The Morgan fingerprint density at radius 3 is 1.96 bits per heavy atom. The van der Waals surface area contributed by atoms with Crippen molar-refractivity contribution >= 4 is 17.0 Å². The van der Waals surface area contributed by atoms with Gasteiger partial charge in [-0.05, 0) is 23.3 Å². The predicted molar refractivity (Wildman–Crippen MR) is 105 cm³/mol. The van der Waals surface area contributed by atoms with E-state index >= 15 is 0 Å². The minimum absolute atomic E-state index is 0. The zero-order chi connectivity index (χ0) is 16.9. The maximum atomic E-state index is 4.86. The molecule has 0 radical (unpaired) electrons. The molecule has 0 aliphatic heterocycles. The van der Waals surface area contributed by atoms with Crippen LogP contribution in [0, 0.1) is 0 Å². The number of aromatic nitrogens is 1. The molecule has 130 valence electrons. The van der Waals surface area contributed by atoms with E-state index in [0.717, 1.165) is 17.0 Å². The lowest BCUT2D eigenvalue weighted by molar-refractivity contribution is -0.00000488. The topological polar surface area (TPSA) is 17.3 Å². The maximum Gasteiger partial charge on any atom is 0.190 e. The normalized spacial score (nSPS) is 11.2. The van der Waals surface area contributed by atoms with E-state index in [-0.39, 0.29) is 17.0 Å². The SMILES string of the molecule is [Br-].c1ccc(Cn2c(-c3ccccc3)csc2=Nc2ccccc2)cc1. The molecule has 0 unspecified atom stereocenters. The Balaban J connectivity index is 0.00000196. The third kappa shape index (κ3) is 4.21. The first-order valence-electron chi connectivity index (χ1n) is 8.27. The van der Waals surface area contributed by atoms with Gasteiger partial charge in [-0.1, -0.05) is 78.9 Å². The molecule has 0 saturated heterocycles. The predicted octanol–water partition coefficient (Wildman–Crippen LogP) is 2.50. The summed E-state index contributed by atoms with van der Waals surface area (Å²) in [5.74, 6) is 0. The molecular weight excluding hydrogens is 404 g/mol. The molecule has 0 N–H and O–H groups in total. The monoisotopic (exact) mass is 421 g/mol. The van der Waals surface area contributed by atoms with Crippen LogP contribution < -0.4 is 21.8 Å². The van der Waals surface area contributed by atoms with Crippen LogP contribution in [0.4, 0.5) is 5.69 Å². The summed E-state index contributed by atoms with van der Waals surface area (Å²) in [7, 11) is 0. The number of para-hydroxylation sites is 1. The van der Waals surface area contributed by atoms with Gasteiger partial charge in [0.15, 0.2) is 4.80 Å². The molecule has 2 nitrogen and oxygen atoms in total. The summed E-state index contributed by atoms with van der Waals surface area (Å²) in [6.45, 7) is 0.806. The number of hydrogen-bond donors (Lipinski definition) is 0. The van der Waals surface area contributed by atoms with E-state index in [1.54, 1.807) is 11.3 Å². The summed E-state index contributed by atoms with van der Waals surface area (Å²) in [5.41, 5.74) is 4.66. The second-order valence-corrected chi connectivity index (χ2v) is 6.63. The van der Waals surface area contributed by atoms with Crippen LogP contribution in [0.1, 0.15) is 5.56 Å². The fraction of sp³-hybridized carbons (Fsp3) is 0.0455. The molecular formula is C22H18BrN2S-. The molecule has 1 aromatic heterocycles. The number of thiazole rings is 1. The quantitative estimate of drug-likeness (QED) is 0.481. The molecule has 4 rings (SSSR count). The number of rotatable bonds is 4. The van der Waals surface area contributed by atoms with Gasteiger partial charge >= 0.3 is 0 Å². The lowest BCUT2D eigenvalue weighted by atomic mass is 10.1. The summed E-state index contributed by atoms with van der Waals surface area (Å²) in [5, 5.41) is 2.19. The van der Waals surface area contributed by atoms with Crippen molar-refractivity contribution in [1.29, 1.82) is 0 Å². The van der Waals surface area contributed by atoms with Gasteiger partial charge in [0, 0.05) is 5.38 Å². The smallest absolute Gasteiger partial charge is 0.190 e. The molecule has 0 spiro atoms. The van der Waals surface area contributed by atoms with Gasteiger partial charge in [0.1, 0.15) is 0 Å². The molecule has 0 saturated carbocycles. The summed E-state index contributed by atoms with van der Waals surface area (Å²) in [6, 6.07) is 31.2. The van der Waals surface area contributed by atoms with Crippen molar-refractivity contribution in [2.24, 2.45) is 4.99 Å². The van der Waals surface area contributed by atoms with Gasteiger partial charge in [-0.15, -0.1) is 11.3 Å². The maximum absolute atomic E-state index is 4.86. The van der Waals surface area contributed by atoms with Gasteiger partial charge in [0.2, 0.25) is 0 Å². The van der Waals surface area contributed by atoms with Crippen LogP contribution in [0.2, 0.25) is 0 Å². The average molecular weight is 422 g/mol. The number of nitrogens with zero attached hydrogens (tertiary/aromatic N) is 2. The van der Waals surface area contributed by atoms with E-state index in [1.807, 2.05) is 36.4 Å². The van der Waals surface area contributed by atoms with Crippen molar-refractivity contribution in [2.75, 3.05) is 0 Å². The lowest BCUT2D eigenvalue weighted by Gasteiger charge is -2.09. The average Bonchev–Trinajstić information content (AvgIpc) is 3.06. The highest BCUT2D eigenvalue weighted by molar-refractivity contribution is 7.07. The van der Waals surface area contributed by atoms with Crippen molar-refractivity contribution in [2.45, 2.75) is 6.54 Å². The Hall–Kier alpha value is -2.43. The van der Waals surface area contributed by atoms with E-state index in [2.05, 4.69) is 64.5 Å². The molecule has 0 amide bonds. The molecule has 0 aliphatic rings. The largest absolute Gasteiger partial charge is 1.00 e. The highest BCUT2D eigenvalue weighted by atomic mass is 79.9. The van der Waals surface area contributed by atoms with Crippen molar-refractivity contribution in [3.05, 3.63) is 107 Å². The molecule has 4 heteroatoms. The van der Waals surface area contributed by atoms with Crippen LogP contribution in [-0.4, -0.2) is 4.57 Å². The molecule has 0 fully saturated rings. The van der Waals surface area contributed by atoms with E-state index in [0.29, 0.717) is 0 Å². The Morgan fingerprint density at radius 1 is 0.731 bits per heavy atom. The Kier molecular flexibility index (Phi) is 6.21. The van der Waals surface area contributed by atoms with E-state index < -0.39 is 0 Å². The second kappa shape index (κ2) is 8.79. The minimum atomic E-state index is 0. The van der Waals surface area contributed by atoms with Gasteiger partial charge in [0.25, 0.3) is 0 Å². The zero-order valence-corrected chi connectivity index (χ0v) is 16.5. The molecule has 1 heterocycles. The first-order chi connectivity index (χ1) is 12.4. The molecule has 26 heavy (non-hydrogen) atoms. The fourth-order valence-corrected chi connectivity index (χ4v) is 3.72. The zero-order valence-electron chi connectivity index (χ0n) is 14.1. The third-order valence-electron chi connectivity index (χ3n) is 4.03. The lowest BCUT2D eigenvalue weighted by Crippen LogP contribution is -3.00. The summed E-state index contributed by atoms with van der Waals surface area (Å²) in [6.07, 6.45) is 0. The van der Waals surface area contributed by atoms with E-state index in [1.165, 1.54) is 16.8 Å². The van der Waals surface area contributed by atoms with Gasteiger partial charge in [-0.3, -0.25) is 0 Å². The van der Waals surface area contributed by atoms with E-state index in [9.17, 15) is 0 Å². The van der Waals surface area contributed by atoms with Crippen LogP contribution >= 0.6 is 11.3 Å². The Morgan fingerprint density at radius 2 is 1.31 bits per heavy atom. The van der Waals surface area contributed by atoms with Crippen LogP contribution in [-0.2, 0) is 6.54 Å². The third-order valence-corrected chi connectivity index (χ3v) is 4.90. The Bertz CT molecular complexity index is 1010. The van der Waals surface area contributed by atoms with Crippen molar-refractivity contribution in [1.82, 2.24) is 4.57 Å². The van der Waals surface area contributed by atoms with Crippen molar-refractivity contribution < 1.29 is 17.0 Å². The van der Waals surface area contributed by atoms with Crippen molar-refractivity contribution in [3.63, 3.8) is 0 Å². The van der Waals surface area contributed by atoms with Crippen LogP contribution in [0.25, 0.3) is 11.3 Å². The highest BCUT2D eigenvalue weighted by Gasteiger charge is 2.08. The number of hydrogen-bond acceptors (Lipinski definition) is 2. The van der Waals surface area contributed by atoms with Crippen LogP contribution in [0.3, 0.4) is 0 Å². The van der Waals surface area contributed by atoms with Crippen molar-refractivity contribution in [3.8, 4) is 11.3 Å². The van der Waals surface area contributed by atoms with Gasteiger partial charge in [-0.2, -0.15) is 0 Å². The fourth-order valence-electron chi connectivity index (χ4n) is 2.79. The minimum Gasteiger partial charge on any atom is -1.00 e. The summed E-state index contributed by atoms with van der Waals surface area (Å²) >= 11 is 1.68.